The van der Waals surface area contributed by atoms with Gasteiger partial charge in [0.1, 0.15) is 0 Å². The first-order valence-corrected chi connectivity index (χ1v) is 18.2. The minimum Gasteiger partial charge on any atom is -0.456 e. The molecule has 292 valence electrons. The number of hydrogen-bond donors (Lipinski definition) is 1. The van der Waals surface area contributed by atoms with Gasteiger partial charge < -0.3 is 23.7 Å². The number of nitrogens with zero attached hydrogens (tertiary/aromatic N) is 3. The lowest BCUT2D eigenvalue weighted by atomic mass is 9.59. The highest BCUT2D eigenvalue weighted by Gasteiger charge is 2.75. The average molecular weight is 754 g/mol. The standard InChI is InChI=1S/C34H45F6N3O9/c1-17-8-11-25-22(26(33(35,36)37)47-28-31(25)23(17)12-13-29(4,48-28)51-52-31)15-43-21(14-41-42-43)16-45-32(34(38,39)40)19(3)24-7-5-6-20-10-9-18(2)46-27(49-32)30(20,24)50-44/h14,17-20,23-25,27-28,44H,5-13,15-16H2,1-4H3/t17-,18+,19-,20?,23?,24+,25+,27+,28-,29?,30?,31-,32-/m1/s1. The maximum Gasteiger partial charge on any atom is 0.449 e. The van der Waals surface area contributed by atoms with Gasteiger partial charge in [-0.15, -0.1) is 5.10 Å². The molecule has 13 atom stereocenters. The zero-order valence-corrected chi connectivity index (χ0v) is 29.4. The van der Waals surface area contributed by atoms with Gasteiger partial charge in [-0.1, -0.05) is 25.5 Å². The van der Waals surface area contributed by atoms with Crippen LogP contribution >= 0.6 is 0 Å². The summed E-state index contributed by atoms with van der Waals surface area (Å²) in [6, 6.07) is 0. The number of rotatable bonds is 6. The van der Waals surface area contributed by atoms with Gasteiger partial charge >= 0.3 is 12.4 Å². The van der Waals surface area contributed by atoms with Crippen LogP contribution in [0.25, 0.3) is 0 Å². The number of halogens is 6. The van der Waals surface area contributed by atoms with Crippen molar-refractivity contribution in [3.63, 3.8) is 0 Å². The molecule has 0 radical (unpaired) electrons. The summed E-state index contributed by atoms with van der Waals surface area (Å²) in [5.74, 6) is -9.42. The van der Waals surface area contributed by atoms with E-state index in [1.54, 1.807) is 13.8 Å². The summed E-state index contributed by atoms with van der Waals surface area (Å²) in [7, 11) is 0. The number of ether oxygens (including phenoxy) is 5. The molecule has 5 saturated heterocycles. The molecule has 2 aliphatic carbocycles. The molecular formula is C34H45F6N3O9. The second-order valence-electron chi connectivity index (χ2n) is 16.1. The first-order chi connectivity index (χ1) is 24.5. The Hall–Kier alpha value is -2.06. The number of allylic oxidation sites excluding steroid dienone is 1. The van der Waals surface area contributed by atoms with Crippen LogP contribution in [0.15, 0.2) is 17.5 Å². The predicted molar refractivity (Wildman–Crippen MR) is 162 cm³/mol. The number of hydrogen-bond acceptors (Lipinski definition) is 11. The average Bonchev–Trinajstić information content (AvgIpc) is 3.32. The summed E-state index contributed by atoms with van der Waals surface area (Å²) in [5.41, 5.74) is -3.17. The molecule has 2 bridgehead atoms. The summed E-state index contributed by atoms with van der Waals surface area (Å²) >= 11 is 0. The number of fused-ring (bicyclic) bond motifs is 2. The Morgan fingerprint density at radius 1 is 0.942 bits per heavy atom. The third-order valence-corrected chi connectivity index (χ3v) is 13.3. The molecule has 4 unspecified atom stereocenters. The van der Waals surface area contributed by atoms with Crippen LogP contribution < -0.4 is 0 Å². The van der Waals surface area contributed by atoms with Gasteiger partial charge in [-0.3, -0.25) is 5.26 Å². The maximum absolute atomic E-state index is 15.4. The summed E-state index contributed by atoms with van der Waals surface area (Å²) in [6.07, 6.45) is -7.94. The molecule has 7 fully saturated rings. The smallest absolute Gasteiger partial charge is 0.449 e. The van der Waals surface area contributed by atoms with Crippen LogP contribution in [-0.2, 0) is 51.5 Å². The molecule has 7 heterocycles. The van der Waals surface area contributed by atoms with Crippen molar-refractivity contribution in [2.45, 2.75) is 152 Å². The van der Waals surface area contributed by atoms with Crippen molar-refractivity contribution in [2.75, 3.05) is 0 Å². The monoisotopic (exact) mass is 753 g/mol. The molecular weight excluding hydrogens is 708 g/mol. The van der Waals surface area contributed by atoms with Crippen molar-refractivity contribution in [2.24, 2.45) is 35.5 Å². The fourth-order valence-electron chi connectivity index (χ4n) is 10.7. The minimum atomic E-state index is -5.10. The maximum atomic E-state index is 15.4. The van der Waals surface area contributed by atoms with E-state index in [1.807, 2.05) is 6.92 Å². The van der Waals surface area contributed by atoms with E-state index in [0.717, 1.165) is 10.9 Å². The second-order valence-corrected chi connectivity index (χ2v) is 16.1. The fourth-order valence-corrected chi connectivity index (χ4v) is 10.7. The highest BCUT2D eigenvalue weighted by atomic mass is 19.4. The van der Waals surface area contributed by atoms with Gasteiger partial charge in [0.2, 0.25) is 17.8 Å². The first kappa shape index (κ1) is 36.9. The first-order valence-electron chi connectivity index (χ1n) is 18.2. The van der Waals surface area contributed by atoms with Crippen LogP contribution in [0.3, 0.4) is 0 Å². The van der Waals surface area contributed by atoms with Gasteiger partial charge in [0, 0.05) is 35.7 Å². The molecule has 0 amide bonds. The zero-order valence-electron chi connectivity index (χ0n) is 29.4. The summed E-state index contributed by atoms with van der Waals surface area (Å²) in [4.78, 5) is 16.9. The van der Waals surface area contributed by atoms with Crippen molar-refractivity contribution >= 4 is 0 Å². The number of alkyl halides is 6. The van der Waals surface area contributed by atoms with Gasteiger partial charge in [0.15, 0.2) is 17.5 Å². The van der Waals surface area contributed by atoms with Crippen molar-refractivity contribution in [3.8, 4) is 0 Å². The molecule has 0 aromatic carbocycles. The van der Waals surface area contributed by atoms with E-state index in [2.05, 4.69) is 10.3 Å². The van der Waals surface area contributed by atoms with Crippen LogP contribution in [0.2, 0.25) is 0 Å². The van der Waals surface area contributed by atoms with E-state index >= 15 is 13.2 Å². The number of aromatic nitrogens is 3. The molecule has 1 spiro atoms. The molecule has 2 saturated carbocycles. The molecule has 1 aromatic rings. The van der Waals surface area contributed by atoms with Crippen LogP contribution in [0, 0.1) is 35.5 Å². The van der Waals surface area contributed by atoms with Crippen molar-refractivity contribution in [1.29, 1.82) is 0 Å². The molecule has 1 N–H and O–H groups in total. The van der Waals surface area contributed by atoms with Crippen molar-refractivity contribution in [3.05, 3.63) is 23.2 Å². The van der Waals surface area contributed by atoms with Gasteiger partial charge in [0.05, 0.1) is 31.1 Å². The van der Waals surface area contributed by atoms with Gasteiger partial charge in [-0.2, -0.15) is 26.3 Å². The van der Waals surface area contributed by atoms with E-state index in [0.29, 0.717) is 51.4 Å². The lowest BCUT2D eigenvalue weighted by Gasteiger charge is -2.59. The highest BCUT2D eigenvalue weighted by Crippen LogP contribution is 2.63. The molecule has 6 aliphatic heterocycles. The Labute approximate surface area is 296 Å². The Balaban J connectivity index is 1.13. The Morgan fingerprint density at radius 2 is 1.73 bits per heavy atom. The molecule has 9 rings (SSSR count). The highest BCUT2D eigenvalue weighted by molar-refractivity contribution is 5.28. The second kappa shape index (κ2) is 12.5. The normalized spacial score (nSPS) is 46.2. The largest absolute Gasteiger partial charge is 0.456 e. The van der Waals surface area contributed by atoms with E-state index in [-0.39, 0.29) is 35.4 Å². The van der Waals surface area contributed by atoms with Crippen LogP contribution in [0.4, 0.5) is 26.3 Å². The van der Waals surface area contributed by atoms with Crippen LogP contribution in [0.5, 0.6) is 0 Å². The fraction of sp³-hybridized carbons (Fsp3) is 0.882. The van der Waals surface area contributed by atoms with Crippen molar-refractivity contribution in [1.82, 2.24) is 15.0 Å². The Kier molecular flexibility index (Phi) is 8.85. The third kappa shape index (κ3) is 5.32. The van der Waals surface area contributed by atoms with E-state index < -0.39 is 90.5 Å². The summed E-state index contributed by atoms with van der Waals surface area (Å²) in [5, 5.41) is 18.2. The predicted octanol–water partition coefficient (Wildman–Crippen LogP) is 6.95. The summed E-state index contributed by atoms with van der Waals surface area (Å²) < 4.78 is 121. The quantitative estimate of drug-likeness (QED) is 0.184. The van der Waals surface area contributed by atoms with E-state index in [1.165, 1.54) is 6.92 Å². The van der Waals surface area contributed by atoms with Crippen LogP contribution in [0.1, 0.15) is 91.2 Å². The minimum absolute atomic E-state index is 0.0359. The molecule has 52 heavy (non-hydrogen) atoms. The van der Waals surface area contributed by atoms with Gasteiger partial charge in [-0.25, -0.2) is 19.3 Å². The van der Waals surface area contributed by atoms with Crippen molar-refractivity contribution < 1.29 is 69.9 Å². The molecule has 8 aliphatic rings. The van der Waals surface area contributed by atoms with Crippen LogP contribution in [-0.4, -0.2) is 74.1 Å². The Bertz CT molecular complexity index is 1560. The zero-order chi connectivity index (χ0) is 37.1. The lowest BCUT2D eigenvalue weighted by Crippen LogP contribution is -2.73. The molecule has 12 nitrogen and oxygen atoms in total. The van der Waals surface area contributed by atoms with Gasteiger partial charge in [-0.05, 0) is 70.6 Å². The third-order valence-electron chi connectivity index (χ3n) is 13.3. The lowest BCUT2D eigenvalue weighted by molar-refractivity contribution is -0.557. The Morgan fingerprint density at radius 3 is 2.46 bits per heavy atom. The molecule has 1 aromatic heterocycles. The van der Waals surface area contributed by atoms with Gasteiger partial charge in [0.25, 0.3) is 5.79 Å². The van der Waals surface area contributed by atoms with E-state index in [9.17, 15) is 18.4 Å². The SMILES string of the molecule is C[C@@H]1CC[C@H]2C(Cn3nncc3CO[C@@]3(C(F)(F)F)O[C@@H]4O[C@@H](C)CCC5CCC[C@@H]([C@H]3C)C54OO)=C(C(F)(F)F)O[C@@H]3OC4(C)CCC1[C@]32OO4. The van der Waals surface area contributed by atoms with E-state index in [4.69, 9.17) is 38.3 Å². The molecule has 18 heteroatoms. The topological polar surface area (TPSA) is 125 Å². The summed E-state index contributed by atoms with van der Waals surface area (Å²) in [6.45, 7) is 5.38.